The van der Waals surface area contributed by atoms with Crippen molar-refractivity contribution < 1.29 is 14.3 Å². The maximum Gasteiger partial charge on any atom is 0.352 e. The van der Waals surface area contributed by atoms with E-state index in [4.69, 9.17) is 4.74 Å². The average molecular weight is 358 g/mol. The van der Waals surface area contributed by atoms with Gasteiger partial charge in [0.05, 0.1) is 5.69 Å². The summed E-state index contributed by atoms with van der Waals surface area (Å²) >= 11 is 0.980. The molecule has 0 spiro atoms. The SMILES string of the molecule is CCc1nnsc1C(=O)OCC(=O)NCCc1c[nH]c2ccccc12. The lowest BCUT2D eigenvalue weighted by Gasteiger charge is -2.06. The molecule has 0 saturated heterocycles. The molecule has 2 aromatic heterocycles. The average Bonchev–Trinajstić information content (AvgIpc) is 3.26. The molecular formula is C17H18N4O3S. The first-order chi connectivity index (χ1) is 12.2. The predicted octanol–water partition coefficient (Wildman–Crippen LogP) is 2.10. The molecule has 130 valence electrons. The molecule has 2 N–H and O–H groups in total. The maximum absolute atomic E-state index is 11.9. The lowest BCUT2D eigenvalue weighted by atomic mass is 10.1. The second kappa shape index (κ2) is 7.89. The van der Waals surface area contributed by atoms with Crippen LogP contribution in [-0.2, 0) is 22.4 Å². The minimum Gasteiger partial charge on any atom is -0.451 e. The van der Waals surface area contributed by atoms with Crippen LogP contribution in [0.3, 0.4) is 0 Å². The van der Waals surface area contributed by atoms with E-state index in [0.717, 1.165) is 28.0 Å². The summed E-state index contributed by atoms with van der Waals surface area (Å²) in [5, 5.41) is 7.75. The molecule has 8 heteroatoms. The van der Waals surface area contributed by atoms with E-state index in [9.17, 15) is 9.59 Å². The number of nitrogens with zero attached hydrogens (tertiary/aromatic N) is 2. The van der Waals surface area contributed by atoms with Crippen LogP contribution in [0.25, 0.3) is 10.9 Å². The summed E-state index contributed by atoms with van der Waals surface area (Å²) in [6.07, 6.45) is 3.24. The maximum atomic E-state index is 11.9. The van der Waals surface area contributed by atoms with Gasteiger partial charge in [0.25, 0.3) is 5.91 Å². The Hall–Kier alpha value is -2.74. The first-order valence-corrected chi connectivity index (χ1v) is 8.76. The number of amides is 1. The van der Waals surface area contributed by atoms with Crippen LogP contribution in [0.2, 0.25) is 0 Å². The first-order valence-electron chi connectivity index (χ1n) is 7.99. The number of benzene rings is 1. The lowest BCUT2D eigenvalue weighted by molar-refractivity contribution is -0.124. The van der Waals surface area contributed by atoms with Gasteiger partial charge in [-0.05, 0) is 36.0 Å². The van der Waals surface area contributed by atoms with Crippen molar-refractivity contribution in [2.45, 2.75) is 19.8 Å². The van der Waals surface area contributed by atoms with Crippen LogP contribution >= 0.6 is 11.5 Å². The number of H-pyrrole nitrogens is 1. The number of hydrogen-bond acceptors (Lipinski definition) is 6. The number of carbonyl (C=O) groups is 2. The second-order valence-electron chi connectivity index (χ2n) is 5.44. The number of aromatic amines is 1. The molecule has 7 nitrogen and oxygen atoms in total. The molecular weight excluding hydrogens is 340 g/mol. The zero-order chi connectivity index (χ0) is 17.6. The van der Waals surface area contributed by atoms with Crippen LogP contribution < -0.4 is 5.32 Å². The molecule has 25 heavy (non-hydrogen) atoms. The Balaban J connectivity index is 1.45. The molecule has 3 aromatic rings. The van der Waals surface area contributed by atoms with Crippen molar-refractivity contribution in [3.05, 3.63) is 46.6 Å². The summed E-state index contributed by atoms with van der Waals surface area (Å²) in [4.78, 5) is 27.3. The molecule has 0 unspecified atom stereocenters. The third-order valence-electron chi connectivity index (χ3n) is 3.80. The highest BCUT2D eigenvalue weighted by Crippen LogP contribution is 2.17. The van der Waals surface area contributed by atoms with Gasteiger partial charge in [-0.25, -0.2) is 4.79 Å². The van der Waals surface area contributed by atoms with Gasteiger partial charge in [0, 0.05) is 23.6 Å². The number of aromatic nitrogens is 3. The van der Waals surface area contributed by atoms with E-state index in [2.05, 4.69) is 19.9 Å². The fourth-order valence-corrected chi connectivity index (χ4v) is 3.16. The third kappa shape index (κ3) is 4.03. The zero-order valence-electron chi connectivity index (χ0n) is 13.7. The van der Waals surface area contributed by atoms with Gasteiger partial charge < -0.3 is 15.0 Å². The van der Waals surface area contributed by atoms with Crippen molar-refractivity contribution >= 4 is 34.3 Å². The van der Waals surface area contributed by atoms with Crippen molar-refractivity contribution in [2.24, 2.45) is 0 Å². The van der Waals surface area contributed by atoms with Gasteiger partial charge in [-0.3, -0.25) is 4.79 Å². The predicted molar refractivity (Wildman–Crippen MR) is 94.6 cm³/mol. The van der Waals surface area contributed by atoms with Crippen LogP contribution in [-0.4, -0.2) is 39.6 Å². The van der Waals surface area contributed by atoms with Gasteiger partial charge >= 0.3 is 5.97 Å². The van der Waals surface area contributed by atoms with Gasteiger partial charge in [0.2, 0.25) is 0 Å². The van der Waals surface area contributed by atoms with E-state index < -0.39 is 5.97 Å². The highest BCUT2D eigenvalue weighted by Gasteiger charge is 2.17. The molecule has 0 aliphatic carbocycles. The smallest absolute Gasteiger partial charge is 0.352 e. The number of carbonyl (C=O) groups excluding carboxylic acids is 2. The largest absolute Gasteiger partial charge is 0.451 e. The number of esters is 1. The molecule has 0 atom stereocenters. The summed E-state index contributed by atoms with van der Waals surface area (Å²) in [7, 11) is 0. The molecule has 0 fully saturated rings. The van der Waals surface area contributed by atoms with Crippen molar-refractivity contribution in [3.8, 4) is 0 Å². The number of nitrogens with one attached hydrogen (secondary N) is 2. The van der Waals surface area contributed by atoms with E-state index in [1.165, 1.54) is 0 Å². The minimum absolute atomic E-state index is 0.312. The Bertz CT molecular complexity index is 887. The molecule has 0 aliphatic heterocycles. The fraction of sp³-hybridized carbons (Fsp3) is 0.294. The minimum atomic E-state index is -0.557. The summed E-state index contributed by atoms with van der Waals surface area (Å²) in [6, 6.07) is 8.01. The quantitative estimate of drug-likeness (QED) is 0.631. The van der Waals surface area contributed by atoms with E-state index in [-0.39, 0.29) is 12.5 Å². The molecule has 1 aromatic carbocycles. The molecule has 0 radical (unpaired) electrons. The molecule has 0 bridgehead atoms. The first kappa shape index (κ1) is 17.1. The second-order valence-corrected chi connectivity index (χ2v) is 6.19. The van der Waals surface area contributed by atoms with E-state index in [1.807, 2.05) is 37.4 Å². The highest BCUT2D eigenvalue weighted by atomic mass is 32.1. The van der Waals surface area contributed by atoms with Crippen LogP contribution in [0, 0.1) is 0 Å². The van der Waals surface area contributed by atoms with Crippen LogP contribution in [0.4, 0.5) is 0 Å². The number of ether oxygens (including phenoxy) is 1. The van der Waals surface area contributed by atoms with Crippen LogP contribution in [0.15, 0.2) is 30.5 Å². The Kier molecular flexibility index (Phi) is 5.39. The molecule has 0 aliphatic rings. The summed E-state index contributed by atoms with van der Waals surface area (Å²) < 4.78 is 8.75. The van der Waals surface area contributed by atoms with Gasteiger partial charge in [-0.1, -0.05) is 29.6 Å². The number of fused-ring (bicyclic) bond motifs is 1. The van der Waals surface area contributed by atoms with Gasteiger partial charge in [0.1, 0.15) is 0 Å². The normalized spacial score (nSPS) is 10.8. The van der Waals surface area contributed by atoms with Gasteiger partial charge in [-0.2, -0.15) is 0 Å². The monoisotopic (exact) mass is 358 g/mol. The van der Waals surface area contributed by atoms with Crippen molar-refractivity contribution in [3.63, 3.8) is 0 Å². The van der Waals surface area contributed by atoms with Crippen molar-refractivity contribution in [1.29, 1.82) is 0 Å². The molecule has 0 saturated carbocycles. The van der Waals surface area contributed by atoms with Crippen molar-refractivity contribution in [1.82, 2.24) is 19.9 Å². The summed E-state index contributed by atoms with van der Waals surface area (Å²) in [5.41, 5.74) is 2.80. The Labute approximate surface area is 148 Å². The lowest BCUT2D eigenvalue weighted by Crippen LogP contribution is -2.30. The van der Waals surface area contributed by atoms with Gasteiger partial charge in [-0.15, -0.1) is 5.10 Å². The van der Waals surface area contributed by atoms with E-state index >= 15 is 0 Å². The zero-order valence-corrected chi connectivity index (χ0v) is 14.6. The Morgan fingerprint density at radius 1 is 1.32 bits per heavy atom. The van der Waals surface area contributed by atoms with Gasteiger partial charge in [0.15, 0.2) is 11.5 Å². The van der Waals surface area contributed by atoms with E-state index in [1.54, 1.807) is 0 Å². The van der Waals surface area contributed by atoms with Crippen molar-refractivity contribution in [2.75, 3.05) is 13.2 Å². The number of hydrogen-bond donors (Lipinski definition) is 2. The Morgan fingerprint density at radius 3 is 3.00 bits per heavy atom. The fourth-order valence-electron chi connectivity index (χ4n) is 2.52. The number of para-hydroxylation sites is 1. The third-order valence-corrected chi connectivity index (χ3v) is 4.55. The number of aryl methyl sites for hydroxylation is 1. The van der Waals surface area contributed by atoms with Crippen LogP contribution in [0.1, 0.15) is 27.9 Å². The molecule has 3 rings (SSSR count). The Morgan fingerprint density at radius 2 is 2.16 bits per heavy atom. The summed E-state index contributed by atoms with van der Waals surface area (Å²) in [6.45, 7) is 2.04. The molecule has 1 amide bonds. The summed E-state index contributed by atoms with van der Waals surface area (Å²) in [5.74, 6) is -0.887. The number of rotatable bonds is 7. The topological polar surface area (TPSA) is 97.0 Å². The standard InChI is InChI=1S/C17H18N4O3S/c1-2-13-16(25-21-20-13)17(23)24-10-15(22)18-8-7-11-9-19-14-6-4-3-5-12(11)14/h3-6,9,19H,2,7-8,10H2,1H3,(H,18,22). The highest BCUT2D eigenvalue weighted by molar-refractivity contribution is 7.07. The van der Waals surface area contributed by atoms with Crippen LogP contribution in [0.5, 0.6) is 0 Å². The van der Waals surface area contributed by atoms with E-state index in [0.29, 0.717) is 30.0 Å². The molecule has 2 heterocycles.